The number of carbonyl (C=O) groups is 2. The Morgan fingerprint density at radius 3 is 2.13 bits per heavy atom. The third-order valence-electron chi connectivity index (χ3n) is 6.06. The topological polar surface area (TPSA) is 86.8 Å². The van der Waals surface area contributed by atoms with E-state index in [4.69, 9.17) is 0 Å². The molecule has 1 atom stereocenters. The van der Waals surface area contributed by atoms with Gasteiger partial charge in [0.25, 0.3) is 10.0 Å². The Hall–Kier alpha value is -2.99. The van der Waals surface area contributed by atoms with Crippen LogP contribution in [0.3, 0.4) is 0 Å². The summed E-state index contributed by atoms with van der Waals surface area (Å²) in [6.45, 7) is 5.66. The molecule has 0 spiro atoms. The first-order chi connectivity index (χ1) is 18.5. The van der Waals surface area contributed by atoms with E-state index in [9.17, 15) is 22.4 Å². The summed E-state index contributed by atoms with van der Waals surface area (Å²) in [5.74, 6) is -1.09. The summed E-state index contributed by atoms with van der Waals surface area (Å²) in [5.41, 5.74) is 0.943. The highest BCUT2D eigenvalue weighted by molar-refractivity contribution is 14.1. The molecule has 0 radical (unpaired) electrons. The number of anilines is 1. The average molecular weight is 666 g/mol. The standard InChI is InChI=1S/C29H33FIN3O4S/c1-4-27(29(36)32-18-21(2)3)33(19-22-10-12-23(30)13-11-22)28(35)20-34(25-16-14-24(31)15-17-25)39(37,38)26-8-6-5-7-9-26/h5-17,21,27H,4,18-20H2,1-3H3,(H,32,36). The summed E-state index contributed by atoms with van der Waals surface area (Å²) in [6, 6.07) is 19.5. The van der Waals surface area contributed by atoms with E-state index in [1.54, 1.807) is 61.5 Å². The molecule has 10 heteroatoms. The quantitative estimate of drug-likeness (QED) is 0.270. The number of hydrogen-bond donors (Lipinski definition) is 1. The average Bonchev–Trinajstić information content (AvgIpc) is 2.92. The summed E-state index contributed by atoms with van der Waals surface area (Å²) in [6.07, 6.45) is 0.311. The van der Waals surface area contributed by atoms with Gasteiger partial charge in [0.15, 0.2) is 0 Å². The van der Waals surface area contributed by atoms with Crippen LogP contribution in [0.15, 0.2) is 83.8 Å². The molecule has 7 nitrogen and oxygen atoms in total. The van der Waals surface area contributed by atoms with E-state index < -0.39 is 34.3 Å². The fourth-order valence-electron chi connectivity index (χ4n) is 3.98. The van der Waals surface area contributed by atoms with E-state index in [1.807, 2.05) is 13.8 Å². The van der Waals surface area contributed by atoms with Crippen molar-refractivity contribution in [1.29, 1.82) is 0 Å². The van der Waals surface area contributed by atoms with Gasteiger partial charge in [-0.2, -0.15) is 0 Å². The van der Waals surface area contributed by atoms with Gasteiger partial charge in [0.2, 0.25) is 11.8 Å². The van der Waals surface area contributed by atoms with Crippen LogP contribution in [-0.2, 0) is 26.2 Å². The molecule has 1 unspecified atom stereocenters. The highest BCUT2D eigenvalue weighted by atomic mass is 127. The van der Waals surface area contributed by atoms with Gasteiger partial charge >= 0.3 is 0 Å². The zero-order valence-electron chi connectivity index (χ0n) is 22.2. The van der Waals surface area contributed by atoms with Crippen LogP contribution in [-0.4, -0.2) is 44.3 Å². The number of rotatable bonds is 12. The third kappa shape index (κ3) is 8.25. The normalized spacial score (nSPS) is 12.2. The van der Waals surface area contributed by atoms with Crippen molar-refractivity contribution in [2.24, 2.45) is 5.92 Å². The SMILES string of the molecule is CCC(C(=O)NCC(C)C)N(Cc1ccc(F)cc1)C(=O)CN(c1ccc(I)cc1)S(=O)(=O)c1ccccc1. The molecule has 3 rings (SSSR count). The molecular formula is C29H33FIN3O4S. The van der Waals surface area contributed by atoms with Gasteiger partial charge in [-0.05, 0) is 89.0 Å². The minimum absolute atomic E-state index is 0.0125. The van der Waals surface area contributed by atoms with E-state index in [1.165, 1.54) is 29.2 Å². The van der Waals surface area contributed by atoms with Gasteiger partial charge in [0.1, 0.15) is 18.4 Å². The van der Waals surface area contributed by atoms with E-state index in [2.05, 4.69) is 27.9 Å². The largest absolute Gasteiger partial charge is 0.354 e. The monoisotopic (exact) mass is 665 g/mol. The second kappa shape index (κ2) is 13.9. The molecule has 0 aromatic heterocycles. The van der Waals surface area contributed by atoms with Crippen LogP contribution < -0.4 is 9.62 Å². The second-order valence-corrected chi connectivity index (χ2v) is 12.6. The highest BCUT2D eigenvalue weighted by Gasteiger charge is 2.33. The first-order valence-electron chi connectivity index (χ1n) is 12.7. The summed E-state index contributed by atoms with van der Waals surface area (Å²) in [5, 5.41) is 2.89. The Morgan fingerprint density at radius 1 is 0.949 bits per heavy atom. The van der Waals surface area contributed by atoms with E-state index in [-0.39, 0.29) is 23.3 Å². The Kier molecular flexibility index (Phi) is 10.9. The lowest BCUT2D eigenvalue weighted by Crippen LogP contribution is -2.52. The maximum absolute atomic E-state index is 14.0. The summed E-state index contributed by atoms with van der Waals surface area (Å²) in [7, 11) is -4.11. The van der Waals surface area contributed by atoms with E-state index in [0.717, 1.165) is 7.88 Å². The molecule has 0 saturated heterocycles. The van der Waals surface area contributed by atoms with Crippen LogP contribution >= 0.6 is 22.6 Å². The number of hydrogen-bond acceptors (Lipinski definition) is 4. The number of nitrogens with zero attached hydrogens (tertiary/aromatic N) is 2. The molecule has 0 aliphatic heterocycles. The van der Waals surface area contributed by atoms with Gasteiger partial charge in [-0.15, -0.1) is 0 Å². The first kappa shape index (κ1) is 30.6. The molecule has 0 aliphatic rings. The molecule has 0 aliphatic carbocycles. The van der Waals surface area contributed by atoms with Crippen molar-refractivity contribution in [3.05, 3.63) is 93.8 Å². The Balaban J connectivity index is 2.02. The maximum Gasteiger partial charge on any atom is 0.264 e. The molecule has 0 saturated carbocycles. The van der Waals surface area contributed by atoms with Gasteiger partial charge in [-0.25, -0.2) is 12.8 Å². The van der Waals surface area contributed by atoms with Crippen molar-refractivity contribution < 1.29 is 22.4 Å². The van der Waals surface area contributed by atoms with Gasteiger partial charge in [0, 0.05) is 16.7 Å². The third-order valence-corrected chi connectivity index (χ3v) is 8.57. The first-order valence-corrected chi connectivity index (χ1v) is 15.2. The molecule has 2 amide bonds. The summed E-state index contributed by atoms with van der Waals surface area (Å²) < 4.78 is 43.1. The van der Waals surface area contributed by atoms with Crippen molar-refractivity contribution in [3.8, 4) is 0 Å². The van der Waals surface area contributed by atoms with Crippen molar-refractivity contribution in [1.82, 2.24) is 10.2 Å². The molecule has 1 N–H and O–H groups in total. The molecule has 0 fully saturated rings. The number of sulfonamides is 1. The Morgan fingerprint density at radius 2 is 1.56 bits per heavy atom. The number of nitrogens with one attached hydrogen (secondary N) is 1. The van der Waals surface area contributed by atoms with E-state index >= 15 is 0 Å². The van der Waals surface area contributed by atoms with E-state index in [0.29, 0.717) is 24.2 Å². The van der Waals surface area contributed by atoms with Crippen molar-refractivity contribution >= 4 is 50.1 Å². The van der Waals surface area contributed by atoms with Crippen LogP contribution in [0, 0.1) is 15.3 Å². The van der Waals surface area contributed by atoms with Crippen molar-refractivity contribution in [3.63, 3.8) is 0 Å². The van der Waals surface area contributed by atoms with Crippen molar-refractivity contribution in [2.75, 3.05) is 17.4 Å². The zero-order chi connectivity index (χ0) is 28.6. The molecule has 3 aromatic carbocycles. The number of halogens is 2. The fraction of sp³-hybridized carbons (Fsp3) is 0.310. The van der Waals surface area contributed by atoms with Gasteiger partial charge in [0.05, 0.1) is 10.6 Å². The van der Waals surface area contributed by atoms with Crippen molar-refractivity contribution in [2.45, 2.75) is 44.7 Å². The lowest BCUT2D eigenvalue weighted by molar-refractivity contribution is -0.140. The lowest BCUT2D eigenvalue weighted by atomic mass is 10.1. The minimum atomic E-state index is -4.11. The predicted octanol–water partition coefficient (Wildman–Crippen LogP) is 5.21. The minimum Gasteiger partial charge on any atom is -0.354 e. The molecule has 0 heterocycles. The van der Waals surface area contributed by atoms with Crippen LogP contribution in [0.1, 0.15) is 32.8 Å². The fourth-order valence-corrected chi connectivity index (χ4v) is 5.78. The van der Waals surface area contributed by atoms with Crippen LogP contribution in [0.2, 0.25) is 0 Å². The Bertz CT molecular complexity index is 1350. The van der Waals surface area contributed by atoms with Crippen LogP contribution in [0.4, 0.5) is 10.1 Å². The van der Waals surface area contributed by atoms with Crippen LogP contribution in [0.25, 0.3) is 0 Å². The number of carbonyl (C=O) groups excluding carboxylic acids is 2. The lowest BCUT2D eigenvalue weighted by Gasteiger charge is -2.33. The Labute approximate surface area is 243 Å². The summed E-state index contributed by atoms with van der Waals surface area (Å²) in [4.78, 5) is 28.6. The van der Waals surface area contributed by atoms with Crippen LogP contribution in [0.5, 0.6) is 0 Å². The second-order valence-electron chi connectivity index (χ2n) is 9.51. The number of benzene rings is 3. The smallest absolute Gasteiger partial charge is 0.264 e. The molecular weight excluding hydrogens is 632 g/mol. The highest BCUT2D eigenvalue weighted by Crippen LogP contribution is 2.25. The molecule has 3 aromatic rings. The summed E-state index contributed by atoms with van der Waals surface area (Å²) >= 11 is 2.12. The predicted molar refractivity (Wildman–Crippen MR) is 159 cm³/mol. The number of amides is 2. The van der Waals surface area contributed by atoms with Gasteiger partial charge in [-0.1, -0.05) is 51.1 Å². The molecule has 208 valence electrons. The zero-order valence-corrected chi connectivity index (χ0v) is 25.2. The van der Waals surface area contributed by atoms with Gasteiger partial charge in [-0.3, -0.25) is 13.9 Å². The molecule has 0 bridgehead atoms. The van der Waals surface area contributed by atoms with Gasteiger partial charge < -0.3 is 10.2 Å². The molecule has 39 heavy (non-hydrogen) atoms. The maximum atomic E-state index is 14.0.